The van der Waals surface area contributed by atoms with Crippen LogP contribution < -0.4 is 10.2 Å². The van der Waals surface area contributed by atoms with Gasteiger partial charge in [-0.2, -0.15) is 0 Å². The fourth-order valence-corrected chi connectivity index (χ4v) is 1.90. The highest BCUT2D eigenvalue weighted by atomic mass is 16.5. The van der Waals surface area contributed by atoms with Gasteiger partial charge in [0.2, 0.25) is 0 Å². The van der Waals surface area contributed by atoms with E-state index in [0.29, 0.717) is 24.4 Å². The smallest absolute Gasteiger partial charge is 0.492 e. The van der Waals surface area contributed by atoms with Crippen LogP contribution in [0.4, 0.5) is 0 Å². The number of rotatable bonds is 5. The van der Waals surface area contributed by atoms with Crippen LogP contribution in [0.2, 0.25) is 0 Å². The van der Waals surface area contributed by atoms with Crippen LogP contribution in [0.1, 0.15) is 11.4 Å². The topological polar surface area (TPSA) is 67.5 Å². The van der Waals surface area contributed by atoms with Crippen molar-refractivity contribution in [3.63, 3.8) is 0 Å². The van der Waals surface area contributed by atoms with E-state index < -0.39 is 7.12 Å². The summed E-state index contributed by atoms with van der Waals surface area (Å²) in [5.41, 5.74) is 1.35. The molecule has 0 amide bonds. The van der Waals surface area contributed by atoms with Crippen LogP contribution in [0.25, 0.3) is 0 Å². The van der Waals surface area contributed by atoms with Crippen molar-refractivity contribution in [1.29, 1.82) is 0 Å². The van der Waals surface area contributed by atoms with Gasteiger partial charge in [-0.1, -0.05) is 17.7 Å². The molecule has 0 saturated heterocycles. The molecular weight excluding hydrogens is 243 g/mol. The van der Waals surface area contributed by atoms with Crippen molar-refractivity contribution in [2.45, 2.75) is 20.4 Å². The molecule has 0 aliphatic heterocycles. The van der Waals surface area contributed by atoms with Crippen LogP contribution in [-0.2, 0) is 6.54 Å². The van der Waals surface area contributed by atoms with Crippen LogP contribution in [0.5, 0.6) is 5.75 Å². The number of benzene rings is 1. The van der Waals surface area contributed by atoms with Gasteiger partial charge in [0.15, 0.2) is 0 Å². The molecule has 2 aromatic rings. The molecule has 1 aromatic heterocycles. The van der Waals surface area contributed by atoms with Crippen LogP contribution in [0.3, 0.4) is 0 Å². The lowest BCUT2D eigenvalue weighted by Gasteiger charge is -2.12. The number of aromatic nitrogens is 2. The van der Waals surface area contributed by atoms with E-state index in [1.807, 2.05) is 30.7 Å². The van der Waals surface area contributed by atoms with Crippen LogP contribution in [-0.4, -0.2) is 33.3 Å². The number of imidazole rings is 1. The van der Waals surface area contributed by atoms with E-state index in [2.05, 4.69) is 4.98 Å². The minimum absolute atomic E-state index is 0.391. The Morgan fingerprint density at radius 3 is 2.74 bits per heavy atom. The zero-order valence-corrected chi connectivity index (χ0v) is 11.1. The van der Waals surface area contributed by atoms with E-state index in [4.69, 9.17) is 4.74 Å². The average Bonchev–Trinajstić information content (AvgIpc) is 2.77. The Bertz CT molecular complexity index is 555. The third kappa shape index (κ3) is 3.36. The van der Waals surface area contributed by atoms with E-state index in [0.717, 1.165) is 11.4 Å². The number of hydrogen-bond donors (Lipinski definition) is 2. The summed E-state index contributed by atoms with van der Waals surface area (Å²) in [4.78, 5) is 4.13. The Morgan fingerprint density at radius 2 is 2.11 bits per heavy atom. The summed E-state index contributed by atoms with van der Waals surface area (Å²) in [7, 11) is -1.52. The highest BCUT2D eigenvalue weighted by molar-refractivity contribution is 6.59. The monoisotopic (exact) mass is 260 g/mol. The third-order valence-corrected chi connectivity index (χ3v) is 2.96. The molecule has 100 valence electrons. The molecular formula is C13H17BN2O3. The Hall–Kier alpha value is -1.79. The van der Waals surface area contributed by atoms with Crippen molar-refractivity contribution in [3.8, 4) is 5.75 Å². The van der Waals surface area contributed by atoms with Gasteiger partial charge in [0, 0.05) is 17.9 Å². The first-order valence-electron chi connectivity index (χ1n) is 6.15. The second-order valence-electron chi connectivity index (χ2n) is 4.43. The summed E-state index contributed by atoms with van der Waals surface area (Å²) >= 11 is 0. The third-order valence-electron chi connectivity index (χ3n) is 2.96. The lowest BCUT2D eigenvalue weighted by atomic mass is 9.79. The largest absolute Gasteiger partial charge is 0.492 e. The maximum atomic E-state index is 9.32. The lowest BCUT2D eigenvalue weighted by molar-refractivity contribution is 0.297. The van der Waals surface area contributed by atoms with Crippen molar-refractivity contribution in [1.82, 2.24) is 9.55 Å². The zero-order valence-electron chi connectivity index (χ0n) is 11.1. The standard InChI is InChI=1S/C13H17BN2O3/c1-10-3-4-13(12(9-10)14(17)18)19-8-7-16-6-5-15-11(16)2/h3-6,9,17-18H,7-8H2,1-2H3. The summed E-state index contributed by atoms with van der Waals surface area (Å²) in [6.07, 6.45) is 3.62. The summed E-state index contributed by atoms with van der Waals surface area (Å²) in [6.45, 7) is 4.93. The second kappa shape index (κ2) is 5.90. The minimum atomic E-state index is -1.52. The Morgan fingerprint density at radius 1 is 1.32 bits per heavy atom. The molecule has 0 radical (unpaired) electrons. The van der Waals surface area contributed by atoms with Gasteiger partial charge in [-0.25, -0.2) is 4.98 Å². The molecule has 0 aliphatic carbocycles. The van der Waals surface area contributed by atoms with Gasteiger partial charge in [-0.15, -0.1) is 0 Å². The summed E-state index contributed by atoms with van der Waals surface area (Å²) in [5, 5.41) is 18.6. The van der Waals surface area contributed by atoms with E-state index in [9.17, 15) is 10.0 Å². The predicted octanol–water partition coefficient (Wildman–Crippen LogP) is 0.259. The van der Waals surface area contributed by atoms with Crippen molar-refractivity contribution in [2.75, 3.05) is 6.61 Å². The van der Waals surface area contributed by atoms with Crippen LogP contribution in [0, 0.1) is 13.8 Å². The molecule has 6 heteroatoms. The predicted molar refractivity (Wildman–Crippen MR) is 73.5 cm³/mol. The summed E-state index contributed by atoms with van der Waals surface area (Å²) < 4.78 is 7.59. The highest BCUT2D eigenvalue weighted by Gasteiger charge is 2.17. The Balaban J connectivity index is 2.01. The van der Waals surface area contributed by atoms with Gasteiger partial charge >= 0.3 is 7.12 Å². The van der Waals surface area contributed by atoms with Crippen molar-refractivity contribution < 1.29 is 14.8 Å². The molecule has 0 fully saturated rings. The van der Waals surface area contributed by atoms with E-state index in [1.54, 1.807) is 18.3 Å². The fourth-order valence-electron chi connectivity index (χ4n) is 1.90. The molecule has 0 unspecified atom stereocenters. The fraction of sp³-hybridized carbons (Fsp3) is 0.308. The second-order valence-corrected chi connectivity index (χ2v) is 4.43. The van der Waals surface area contributed by atoms with Gasteiger partial charge in [0.25, 0.3) is 0 Å². The molecule has 19 heavy (non-hydrogen) atoms. The van der Waals surface area contributed by atoms with Crippen LogP contribution >= 0.6 is 0 Å². The maximum absolute atomic E-state index is 9.32. The molecule has 5 nitrogen and oxygen atoms in total. The van der Waals surface area contributed by atoms with Gasteiger partial charge < -0.3 is 19.4 Å². The molecule has 2 N–H and O–H groups in total. The Kier molecular flexibility index (Phi) is 4.24. The molecule has 0 atom stereocenters. The molecule has 0 spiro atoms. The van der Waals surface area contributed by atoms with Gasteiger partial charge in [0.05, 0.1) is 6.54 Å². The first kappa shape index (κ1) is 13.6. The van der Waals surface area contributed by atoms with Crippen molar-refractivity contribution >= 4 is 12.6 Å². The zero-order chi connectivity index (χ0) is 13.8. The number of hydrogen-bond acceptors (Lipinski definition) is 4. The Labute approximate surface area is 112 Å². The van der Waals surface area contributed by atoms with E-state index >= 15 is 0 Å². The lowest BCUT2D eigenvalue weighted by Crippen LogP contribution is -2.32. The van der Waals surface area contributed by atoms with Crippen molar-refractivity contribution in [2.24, 2.45) is 0 Å². The minimum Gasteiger partial charge on any atom is -0.492 e. The molecule has 1 aromatic carbocycles. The number of ether oxygens (including phenoxy) is 1. The van der Waals surface area contributed by atoms with E-state index in [1.165, 1.54) is 0 Å². The molecule has 1 heterocycles. The number of aryl methyl sites for hydroxylation is 2. The average molecular weight is 260 g/mol. The molecule has 0 aliphatic rings. The SMILES string of the molecule is Cc1ccc(OCCn2ccnc2C)c(B(O)O)c1. The van der Waals surface area contributed by atoms with Crippen molar-refractivity contribution in [3.05, 3.63) is 42.0 Å². The first-order valence-corrected chi connectivity index (χ1v) is 6.15. The summed E-state index contributed by atoms with van der Waals surface area (Å²) in [6, 6.07) is 5.34. The van der Waals surface area contributed by atoms with E-state index in [-0.39, 0.29) is 0 Å². The number of nitrogens with zero attached hydrogens (tertiary/aromatic N) is 2. The highest BCUT2D eigenvalue weighted by Crippen LogP contribution is 2.10. The summed E-state index contributed by atoms with van der Waals surface area (Å²) in [5.74, 6) is 1.42. The maximum Gasteiger partial charge on any atom is 0.492 e. The molecule has 2 rings (SSSR count). The molecule has 0 bridgehead atoms. The van der Waals surface area contributed by atoms with Gasteiger partial charge in [-0.3, -0.25) is 0 Å². The normalized spacial score (nSPS) is 10.5. The van der Waals surface area contributed by atoms with Gasteiger partial charge in [0.1, 0.15) is 18.2 Å². The first-order chi connectivity index (χ1) is 9.08. The van der Waals surface area contributed by atoms with Crippen LogP contribution in [0.15, 0.2) is 30.6 Å². The molecule has 0 saturated carbocycles. The van der Waals surface area contributed by atoms with Gasteiger partial charge in [-0.05, 0) is 19.9 Å². The quantitative estimate of drug-likeness (QED) is 0.757.